The summed E-state index contributed by atoms with van der Waals surface area (Å²) in [4.78, 5) is 25.1. The molecule has 3 rings (SSSR count). The number of nitrogens with one attached hydrogen (secondary N) is 1. The molecule has 1 aliphatic heterocycles. The first-order valence-electron chi connectivity index (χ1n) is 7.44. The highest BCUT2D eigenvalue weighted by Crippen LogP contribution is 2.40. The van der Waals surface area contributed by atoms with Crippen molar-refractivity contribution in [3.05, 3.63) is 27.7 Å². The SMILES string of the molecule is Cn1nc2c(cc1=O)CN(C(=O)NC(C1CC1)C(F)(F)F)CC2. The van der Waals surface area contributed by atoms with Gasteiger partial charge in [0, 0.05) is 38.2 Å². The number of urea groups is 1. The minimum Gasteiger partial charge on any atom is -0.326 e. The van der Waals surface area contributed by atoms with E-state index in [9.17, 15) is 22.8 Å². The second-order valence-corrected chi connectivity index (χ2v) is 6.06. The first kappa shape index (κ1) is 15.8. The number of alkyl halides is 3. The van der Waals surface area contributed by atoms with Gasteiger partial charge in [-0.1, -0.05) is 0 Å². The van der Waals surface area contributed by atoms with Crippen LogP contribution in [0, 0.1) is 5.92 Å². The molecule has 1 aliphatic carbocycles. The third-order valence-electron chi connectivity index (χ3n) is 4.25. The summed E-state index contributed by atoms with van der Waals surface area (Å²) in [6.07, 6.45) is -3.07. The number of hydrogen-bond donors (Lipinski definition) is 1. The van der Waals surface area contributed by atoms with Gasteiger partial charge < -0.3 is 10.2 Å². The van der Waals surface area contributed by atoms with E-state index >= 15 is 0 Å². The summed E-state index contributed by atoms with van der Waals surface area (Å²) in [6, 6.07) is -1.16. The summed E-state index contributed by atoms with van der Waals surface area (Å²) in [5, 5.41) is 6.21. The average molecular weight is 330 g/mol. The van der Waals surface area contributed by atoms with Crippen LogP contribution in [-0.2, 0) is 20.0 Å². The third kappa shape index (κ3) is 3.32. The van der Waals surface area contributed by atoms with E-state index in [1.807, 2.05) is 0 Å². The zero-order valence-electron chi connectivity index (χ0n) is 12.6. The standard InChI is InChI=1S/C14H17F3N4O2/c1-20-11(22)6-9-7-21(5-4-10(9)19-20)13(23)18-12(8-2-3-8)14(15,16)17/h6,8,12H,2-5,7H2,1H3,(H,18,23). The Balaban J connectivity index is 1.71. The van der Waals surface area contributed by atoms with Crippen molar-refractivity contribution in [3.8, 4) is 0 Å². The number of aromatic nitrogens is 2. The van der Waals surface area contributed by atoms with E-state index in [2.05, 4.69) is 10.4 Å². The van der Waals surface area contributed by atoms with Gasteiger partial charge in [0.05, 0.1) is 5.69 Å². The maximum atomic E-state index is 13.0. The Bertz CT molecular complexity index is 682. The monoisotopic (exact) mass is 330 g/mol. The van der Waals surface area contributed by atoms with Gasteiger partial charge in [-0.3, -0.25) is 4.79 Å². The second-order valence-electron chi connectivity index (χ2n) is 6.06. The van der Waals surface area contributed by atoms with Crippen LogP contribution in [0.25, 0.3) is 0 Å². The number of carbonyl (C=O) groups is 1. The van der Waals surface area contributed by atoms with Crippen LogP contribution in [0.5, 0.6) is 0 Å². The van der Waals surface area contributed by atoms with Gasteiger partial charge in [0.2, 0.25) is 0 Å². The molecule has 0 bridgehead atoms. The molecule has 9 heteroatoms. The Morgan fingerprint density at radius 1 is 1.43 bits per heavy atom. The molecular formula is C14H17F3N4O2. The first-order chi connectivity index (χ1) is 10.8. The first-order valence-corrected chi connectivity index (χ1v) is 7.44. The van der Waals surface area contributed by atoms with Gasteiger partial charge in [0.25, 0.3) is 5.56 Å². The molecule has 2 amide bonds. The lowest BCUT2D eigenvalue weighted by atomic mass is 10.1. The lowest BCUT2D eigenvalue weighted by molar-refractivity contribution is -0.158. The van der Waals surface area contributed by atoms with E-state index in [-0.39, 0.29) is 18.6 Å². The molecule has 2 heterocycles. The number of amides is 2. The van der Waals surface area contributed by atoms with E-state index in [1.54, 1.807) is 0 Å². The molecule has 1 fully saturated rings. The molecule has 0 aromatic carbocycles. The fourth-order valence-corrected chi connectivity index (χ4v) is 2.79. The van der Waals surface area contributed by atoms with Crippen molar-refractivity contribution >= 4 is 6.03 Å². The van der Waals surface area contributed by atoms with Gasteiger partial charge in [-0.2, -0.15) is 18.3 Å². The fourth-order valence-electron chi connectivity index (χ4n) is 2.79. The van der Waals surface area contributed by atoms with Crippen molar-refractivity contribution in [1.29, 1.82) is 0 Å². The minimum absolute atomic E-state index is 0.0967. The summed E-state index contributed by atoms with van der Waals surface area (Å²) in [7, 11) is 1.53. The maximum Gasteiger partial charge on any atom is 0.408 e. The van der Waals surface area contributed by atoms with Gasteiger partial charge in [-0.25, -0.2) is 9.48 Å². The number of carbonyl (C=O) groups excluding carboxylic acids is 1. The zero-order chi connectivity index (χ0) is 16.8. The van der Waals surface area contributed by atoms with Crippen LogP contribution in [0.2, 0.25) is 0 Å². The smallest absolute Gasteiger partial charge is 0.326 e. The summed E-state index contributed by atoms with van der Waals surface area (Å²) in [5.41, 5.74) is 0.979. The topological polar surface area (TPSA) is 67.2 Å². The summed E-state index contributed by atoms with van der Waals surface area (Å²) in [6.45, 7) is 0.374. The number of aryl methyl sites for hydroxylation is 1. The van der Waals surface area contributed by atoms with Crippen molar-refractivity contribution in [1.82, 2.24) is 20.0 Å². The number of hydrogen-bond acceptors (Lipinski definition) is 3. The normalized spacial score (nSPS) is 19.2. The Kier molecular flexibility index (Phi) is 3.81. The van der Waals surface area contributed by atoms with Gasteiger partial charge in [0.1, 0.15) is 6.04 Å². The number of rotatable bonds is 2. The Morgan fingerprint density at radius 3 is 2.74 bits per heavy atom. The number of nitrogens with zero attached hydrogens (tertiary/aromatic N) is 3. The van der Waals surface area contributed by atoms with Crippen LogP contribution in [0.3, 0.4) is 0 Å². The number of halogens is 3. The molecule has 2 aliphatic rings. The average Bonchev–Trinajstić information content (AvgIpc) is 3.28. The van der Waals surface area contributed by atoms with E-state index in [4.69, 9.17) is 0 Å². The lowest BCUT2D eigenvalue weighted by Crippen LogP contribution is -2.52. The number of fused-ring (bicyclic) bond motifs is 1. The van der Waals surface area contributed by atoms with Crippen LogP contribution in [-0.4, -0.2) is 39.5 Å². The van der Waals surface area contributed by atoms with Gasteiger partial charge in [0.15, 0.2) is 0 Å². The third-order valence-corrected chi connectivity index (χ3v) is 4.25. The molecule has 1 saturated carbocycles. The molecule has 1 aromatic rings. The summed E-state index contributed by atoms with van der Waals surface area (Å²) >= 11 is 0. The second kappa shape index (κ2) is 5.54. The van der Waals surface area contributed by atoms with E-state index < -0.39 is 24.2 Å². The summed E-state index contributed by atoms with van der Waals surface area (Å²) < 4.78 is 40.2. The van der Waals surface area contributed by atoms with Crippen molar-refractivity contribution < 1.29 is 18.0 Å². The van der Waals surface area contributed by atoms with Crippen molar-refractivity contribution in [2.75, 3.05) is 6.54 Å². The molecule has 1 N–H and O–H groups in total. The Morgan fingerprint density at radius 2 is 2.13 bits per heavy atom. The van der Waals surface area contributed by atoms with E-state index in [1.165, 1.54) is 22.7 Å². The van der Waals surface area contributed by atoms with Crippen LogP contribution in [0.1, 0.15) is 24.1 Å². The predicted octanol–water partition coefficient (Wildman–Crippen LogP) is 1.19. The Hall–Kier alpha value is -2.06. The molecule has 126 valence electrons. The van der Waals surface area contributed by atoms with Crippen molar-refractivity contribution in [3.63, 3.8) is 0 Å². The van der Waals surface area contributed by atoms with Crippen LogP contribution in [0.4, 0.5) is 18.0 Å². The lowest BCUT2D eigenvalue weighted by Gasteiger charge is -2.31. The molecule has 6 nitrogen and oxygen atoms in total. The van der Waals surface area contributed by atoms with Crippen LogP contribution < -0.4 is 10.9 Å². The summed E-state index contributed by atoms with van der Waals surface area (Å²) in [5.74, 6) is -0.523. The van der Waals surface area contributed by atoms with Gasteiger partial charge in [-0.05, 0) is 18.8 Å². The highest BCUT2D eigenvalue weighted by Gasteiger charge is 2.50. The molecule has 0 radical (unpaired) electrons. The van der Waals surface area contributed by atoms with E-state index in [0.717, 1.165) is 0 Å². The minimum atomic E-state index is -4.44. The molecular weight excluding hydrogens is 313 g/mol. The van der Waals surface area contributed by atoms with Crippen molar-refractivity contribution in [2.24, 2.45) is 13.0 Å². The molecule has 23 heavy (non-hydrogen) atoms. The molecule has 0 saturated heterocycles. The quantitative estimate of drug-likeness (QED) is 0.886. The fraction of sp³-hybridized carbons (Fsp3) is 0.643. The highest BCUT2D eigenvalue weighted by atomic mass is 19.4. The van der Waals surface area contributed by atoms with Gasteiger partial charge in [-0.15, -0.1) is 0 Å². The predicted molar refractivity (Wildman–Crippen MR) is 74.7 cm³/mol. The molecule has 0 spiro atoms. The maximum absolute atomic E-state index is 13.0. The highest BCUT2D eigenvalue weighted by molar-refractivity contribution is 5.75. The van der Waals surface area contributed by atoms with Gasteiger partial charge >= 0.3 is 12.2 Å². The Labute approximate surface area is 130 Å². The molecule has 1 aromatic heterocycles. The van der Waals surface area contributed by atoms with Crippen LogP contribution in [0.15, 0.2) is 10.9 Å². The largest absolute Gasteiger partial charge is 0.408 e. The van der Waals surface area contributed by atoms with E-state index in [0.29, 0.717) is 30.5 Å². The van der Waals surface area contributed by atoms with Crippen molar-refractivity contribution in [2.45, 2.75) is 38.0 Å². The molecule has 1 atom stereocenters. The molecule has 1 unspecified atom stereocenters. The zero-order valence-corrected chi connectivity index (χ0v) is 12.6. The van der Waals surface area contributed by atoms with Crippen LogP contribution >= 0.6 is 0 Å².